The smallest absolute Gasteiger partial charge is 0.0348 e. The van der Waals surface area contributed by atoms with Gasteiger partial charge in [-0.15, -0.1) is 0 Å². The van der Waals surface area contributed by atoms with Gasteiger partial charge in [-0.05, 0) is 32.7 Å². The van der Waals surface area contributed by atoms with Crippen LogP contribution in [0, 0.1) is 0 Å². The third-order valence-corrected chi connectivity index (χ3v) is 5.08. The van der Waals surface area contributed by atoms with E-state index in [1.165, 1.54) is 32.1 Å². The number of hydrogen-bond acceptors (Lipinski definition) is 2. The summed E-state index contributed by atoms with van der Waals surface area (Å²) in [6, 6.07) is 0.516. The molecule has 0 aromatic heterocycles. The zero-order valence-corrected chi connectivity index (χ0v) is 10.9. The fourth-order valence-corrected chi connectivity index (χ4v) is 4.02. The molecule has 0 aliphatic heterocycles. The molecule has 0 aromatic rings. The fourth-order valence-electron chi connectivity index (χ4n) is 2.24. The summed E-state index contributed by atoms with van der Waals surface area (Å²) in [4.78, 5) is 0. The average Bonchev–Trinajstić information content (AvgIpc) is 2.27. The molecule has 1 fully saturated rings. The van der Waals surface area contributed by atoms with Gasteiger partial charge in [0, 0.05) is 27.8 Å². The summed E-state index contributed by atoms with van der Waals surface area (Å²) in [6.07, 6.45) is 7.38. The van der Waals surface area contributed by atoms with Crippen LogP contribution in [0.3, 0.4) is 0 Å². The molecule has 0 aromatic carbocycles. The Balaban J connectivity index is 2.16. The summed E-state index contributed by atoms with van der Waals surface area (Å²) in [5.41, 5.74) is 0. The van der Waals surface area contributed by atoms with Crippen LogP contribution in [-0.4, -0.2) is 27.8 Å². The maximum absolute atomic E-state index is 12.0. The summed E-state index contributed by atoms with van der Waals surface area (Å²) >= 11 is 0. The lowest BCUT2D eigenvalue weighted by Gasteiger charge is -2.21. The lowest BCUT2D eigenvalue weighted by atomic mass is 10.0. The second-order valence-corrected chi connectivity index (χ2v) is 6.43. The van der Waals surface area contributed by atoms with E-state index in [-0.39, 0.29) is 0 Å². The Kier molecular flexibility index (Phi) is 6.50. The van der Waals surface area contributed by atoms with Gasteiger partial charge in [0.2, 0.25) is 0 Å². The van der Waals surface area contributed by atoms with Gasteiger partial charge < -0.3 is 5.32 Å². The summed E-state index contributed by atoms with van der Waals surface area (Å²) in [6.45, 7) is 5.31. The zero-order chi connectivity index (χ0) is 11.1. The van der Waals surface area contributed by atoms with Gasteiger partial charge in [0.1, 0.15) is 0 Å². The molecule has 0 bridgehead atoms. The van der Waals surface area contributed by atoms with Crippen LogP contribution in [0.25, 0.3) is 0 Å². The molecule has 1 saturated carbocycles. The molecule has 0 amide bonds. The molecule has 1 aliphatic carbocycles. The standard InChI is InChI=1S/C12H25NOS/c1-3-13-11(2)9-10-15(14)12-7-5-4-6-8-12/h11-13H,3-10H2,1-2H3. The normalized spacial score (nSPS) is 22.5. The lowest BCUT2D eigenvalue weighted by molar-refractivity contribution is 0.501. The zero-order valence-electron chi connectivity index (χ0n) is 10.1. The Hall–Kier alpha value is 0.110. The molecular weight excluding hydrogens is 206 g/mol. The first kappa shape index (κ1) is 13.2. The van der Waals surface area contributed by atoms with E-state index in [0.717, 1.165) is 18.7 Å². The Morgan fingerprint density at radius 2 is 2.00 bits per heavy atom. The number of nitrogens with one attached hydrogen (secondary N) is 1. The second kappa shape index (κ2) is 7.39. The highest BCUT2D eigenvalue weighted by molar-refractivity contribution is 7.85. The highest BCUT2D eigenvalue weighted by atomic mass is 32.2. The van der Waals surface area contributed by atoms with Gasteiger partial charge in [0.05, 0.1) is 0 Å². The molecule has 3 heteroatoms. The van der Waals surface area contributed by atoms with Crippen molar-refractivity contribution in [3.63, 3.8) is 0 Å². The maximum Gasteiger partial charge on any atom is 0.0348 e. The summed E-state index contributed by atoms with van der Waals surface area (Å²) in [5.74, 6) is 0.888. The number of rotatable bonds is 6. The van der Waals surface area contributed by atoms with Crippen molar-refractivity contribution < 1.29 is 4.21 Å². The maximum atomic E-state index is 12.0. The van der Waals surface area contributed by atoms with Gasteiger partial charge >= 0.3 is 0 Å². The van der Waals surface area contributed by atoms with Crippen molar-refractivity contribution in [2.24, 2.45) is 0 Å². The van der Waals surface area contributed by atoms with Crippen LogP contribution in [-0.2, 0) is 10.8 Å². The molecule has 90 valence electrons. The van der Waals surface area contributed by atoms with Crippen LogP contribution in [0.5, 0.6) is 0 Å². The monoisotopic (exact) mass is 231 g/mol. The SMILES string of the molecule is CCNC(C)CCS(=O)C1CCCCC1. The Bertz CT molecular complexity index is 190. The Morgan fingerprint density at radius 1 is 1.33 bits per heavy atom. The van der Waals surface area contributed by atoms with Gasteiger partial charge in [0.25, 0.3) is 0 Å². The summed E-state index contributed by atoms with van der Waals surface area (Å²) in [7, 11) is -0.571. The van der Waals surface area contributed by atoms with Crippen molar-refractivity contribution >= 4 is 10.8 Å². The van der Waals surface area contributed by atoms with Crippen molar-refractivity contribution in [2.75, 3.05) is 12.3 Å². The van der Waals surface area contributed by atoms with E-state index >= 15 is 0 Å². The predicted octanol–water partition coefficient (Wildman–Crippen LogP) is 2.46. The van der Waals surface area contributed by atoms with Gasteiger partial charge in [-0.1, -0.05) is 26.2 Å². The number of hydrogen-bond donors (Lipinski definition) is 1. The molecule has 2 unspecified atom stereocenters. The molecule has 0 saturated heterocycles. The molecule has 15 heavy (non-hydrogen) atoms. The van der Waals surface area contributed by atoms with Gasteiger partial charge in [-0.2, -0.15) is 0 Å². The molecule has 1 aliphatic rings. The van der Waals surface area contributed by atoms with Crippen molar-refractivity contribution in [1.29, 1.82) is 0 Å². The minimum atomic E-state index is -0.571. The van der Waals surface area contributed by atoms with Crippen LogP contribution < -0.4 is 5.32 Å². The molecular formula is C12H25NOS. The van der Waals surface area contributed by atoms with E-state index < -0.39 is 10.8 Å². The first-order chi connectivity index (χ1) is 7.24. The van der Waals surface area contributed by atoms with Gasteiger partial charge in [-0.25, -0.2) is 0 Å². The minimum absolute atomic E-state index is 0.507. The van der Waals surface area contributed by atoms with Crippen LogP contribution in [0.2, 0.25) is 0 Å². The molecule has 1 rings (SSSR count). The third-order valence-electron chi connectivity index (χ3n) is 3.23. The Morgan fingerprint density at radius 3 is 2.60 bits per heavy atom. The largest absolute Gasteiger partial charge is 0.315 e. The quantitative estimate of drug-likeness (QED) is 0.761. The molecule has 1 N–H and O–H groups in total. The average molecular weight is 231 g/mol. The van der Waals surface area contributed by atoms with E-state index in [1.807, 2.05) is 0 Å². The van der Waals surface area contributed by atoms with E-state index in [1.54, 1.807) is 0 Å². The lowest BCUT2D eigenvalue weighted by Crippen LogP contribution is -2.29. The summed E-state index contributed by atoms with van der Waals surface area (Å²) in [5, 5.41) is 3.88. The summed E-state index contributed by atoms with van der Waals surface area (Å²) < 4.78 is 12.0. The van der Waals surface area contributed by atoms with Crippen molar-refractivity contribution in [3.8, 4) is 0 Å². The molecule has 2 nitrogen and oxygen atoms in total. The van der Waals surface area contributed by atoms with Crippen molar-refractivity contribution in [1.82, 2.24) is 5.32 Å². The van der Waals surface area contributed by atoms with Crippen LogP contribution in [0.4, 0.5) is 0 Å². The van der Waals surface area contributed by atoms with E-state index in [4.69, 9.17) is 0 Å². The first-order valence-corrected chi connectivity index (χ1v) is 7.72. The van der Waals surface area contributed by atoms with Crippen LogP contribution in [0.15, 0.2) is 0 Å². The van der Waals surface area contributed by atoms with Crippen LogP contribution in [0.1, 0.15) is 52.4 Å². The van der Waals surface area contributed by atoms with E-state index in [9.17, 15) is 4.21 Å². The highest BCUT2D eigenvalue weighted by Gasteiger charge is 2.19. The fraction of sp³-hybridized carbons (Fsp3) is 1.00. The second-order valence-electron chi connectivity index (χ2n) is 4.59. The topological polar surface area (TPSA) is 29.1 Å². The van der Waals surface area contributed by atoms with Crippen molar-refractivity contribution in [3.05, 3.63) is 0 Å². The molecule has 0 spiro atoms. The van der Waals surface area contributed by atoms with Gasteiger partial charge in [0.15, 0.2) is 0 Å². The third kappa shape index (κ3) is 5.12. The minimum Gasteiger partial charge on any atom is -0.315 e. The van der Waals surface area contributed by atoms with E-state index in [2.05, 4.69) is 19.2 Å². The molecule has 0 heterocycles. The van der Waals surface area contributed by atoms with Crippen LogP contribution >= 0.6 is 0 Å². The molecule has 2 atom stereocenters. The molecule has 0 radical (unpaired) electrons. The Labute approximate surface area is 96.7 Å². The first-order valence-electron chi connectivity index (χ1n) is 6.34. The van der Waals surface area contributed by atoms with Gasteiger partial charge in [-0.3, -0.25) is 4.21 Å². The van der Waals surface area contributed by atoms with Crippen molar-refractivity contribution in [2.45, 2.75) is 63.7 Å². The van der Waals surface area contributed by atoms with E-state index in [0.29, 0.717) is 11.3 Å². The highest BCUT2D eigenvalue weighted by Crippen LogP contribution is 2.22. The predicted molar refractivity (Wildman–Crippen MR) is 67.6 cm³/mol.